The van der Waals surface area contributed by atoms with Crippen molar-refractivity contribution < 1.29 is 0 Å². The molecule has 1 aliphatic heterocycles. The summed E-state index contributed by atoms with van der Waals surface area (Å²) < 4.78 is 0. The molecule has 110 valence electrons. The highest BCUT2D eigenvalue weighted by molar-refractivity contribution is 5.00. The number of nitrogens with zero attached hydrogens (tertiary/aromatic N) is 3. The topological polar surface area (TPSA) is 41.0 Å². The Morgan fingerprint density at radius 3 is 2.65 bits per heavy atom. The number of aryl methyl sites for hydroxylation is 1. The van der Waals surface area contributed by atoms with Gasteiger partial charge in [-0.3, -0.25) is 14.9 Å². The molecule has 2 rings (SSSR count). The van der Waals surface area contributed by atoms with Gasteiger partial charge in [0.15, 0.2) is 0 Å². The van der Waals surface area contributed by atoms with Gasteiger partial charge in [0.1, 0.15) is 0 Å². The highest BCUT2D eigenvalue weighted by Crippen LogP contribution is 2.11. The van der Waals surface area contributed by atoms with E-state index >= 15 is 0 Å². The minimum Gasteiger partial charge on any atom is -0.308 e. The summed E-state index contributed by atoms with van der Waals surface area (Å²) in [4.78, 5) is 11.2. The maximum absolute atomic E-state index is 4.38. The molecule has 4 heteroatoms. The summed E-state index contributed by atoms with van der Waals surface area (Å²) in [6.07, 6.45) is 8.45. The van der Waals surface area contributed by atoms with E-state index in [1.807, 2.05) is 19.3 Å². The van der Waals surface area contributed by atoms with E-state index in [0.29, 0.717) is 6.04 Å². The monoisotopic (exact) mass is 274 g/mol. The number of likely N-dealkylation sites (tertiary alicyclic amines) is 1. The zero-order chi connectivity index (χ0) is 14.4. The van der Waals surface area contributed by atoms with Crippen LogP contribution in [0, 0.1) is 6.92 Å². The van der Waals surface area contributed by atoms with Crippen LogP contribution in [0.3, 0.4) is 0 Å². The molecule has 0 aromatic carbocycles. The fourth-order valence-electron chi connectivity index (χ4n) is 2.39. The second kappa shape index (κ2) is 7.50. The van der Waals surface area contributed by atoms with Crippen LogP contribution in [0.1, 0.15) is 38.1 Å². The smallest absolute Gasteiger partial charge is 0.0724 e. The van der Waals surface area contributed by atoms with Crippen LogP contribution in [0.5, 0.6) is 0 Å². The van der Waals surface area contributed by atoms with Crippen LogP contribution in [0.4, 0.5) is 0 Å². The summed E-state index contributed by atoms with van der Waals surface area (Å²) in [6.45, 7) is 10.6. The Morgan fingerprint density at radius 1 is 1.30 bits per heavy atom. The quantitative estimate of drug-likeness (QED) is 0.837. The zero-order valence-electron chi connectivity index (χ0n) is 12.9. The first-order valence-corrected chi connectivity index (χ1v) is 7.50. The first-order chi connectivity index (χ1) is 9.63. The van der Waals surface area contributed by atoms with Crippen molar-refractivity contribution >= 4 is 0 Å². The van der Waals surface area contributed by atoms with Crippen LogP contribution in [0.15, 0.2) is 24.0 Å². The first-order valence-electron chi connectivity index (χ1n) is 7.50. The summed E-state index contributed by atoms with van der Waals surface area (Å²) >= 11 is 0. The average molecular weight is 274 g/mol. The van der Waals surface area contributed by atoms with Gasteiger partial charge < -0.3 is 5.32 Å². The van der Waals surface area contributed by atoms with Crippen molar-refractivity contribution in [3.8, 4) is 0 Å². The molecule has 0 unspecified atom stereocenters. The van der Waals surface area contributed by atoms with Gasteiger partial charge in [0.2, 0.25) is 0 Å². The predicted molar refractivity (Wildman–Crippen MR) is 82.5 cm³/mol. The van der Waals surface area contributed by atoms with E-state index in [1.54, 1.807) is 0 Å². The third-order valence-electron chi connectivity index (χ3n) is 3.75. The van der Waals surface area contributed by atoms with E-state index in [2.05, 4.69) is 40.1 Å². The Kier molecular flexibility index (Phi) is 5.68. The standard InChI is InChI=1S/C16H26N4/c1-13(2)4-7-20-8-5-15(6-9-20)19-12-16-11-17-14(3)10-18-16/h4,10-11,15,19H,5-9,12H2,1-3H3. The van der Waals surface area contributed by atoms with Crippen LogP contribution in [-0.4, -0.2) is 40.5 Å². The molecule has 0 atom stereocenters. The molecule has 0 bridgehead atoms. The summed E-state index contributed by atoms with van der Waals surface area (Å²) in [7, 11) is 0. The number of allylic oxidation sites excluding steroid dienone is 1. The Morgan fingerprint density at radius 2 is 2.05 bits per heavy atom. The normalized spacial score (nSPS) is 17.1. The molecule has 2 heterocycles. The van der Waals surface area contributed by atoms with E-state index in [0.717, 1.165) is 24.5 Å². The fraction of sp³-hybridized carbons (Fsp3) is 0.625. The molecule has 1 saturated heterocycles. The van der Waals surface area contributed by atoms with E-state index in [1.165, 1.54) is 31.5 Å². The SMILES string of the molecule is CC(C)=CCN1CCC(NCc2cnc(C)cn2)CC1. The highest BCUT2D eigenvalue weighted by Gasteiger charge is 2.17. The Balaban J connectivity index is 1.69. The molecule has 4 nitrogen and oxygen atoms in total. The molecular weight excluding hydrogens is 248 g/mol. The van der Waals surface area contributed by atoms with Crippen molar-refractivity contribution in [2.24, 2.45) is 0 Å². The second-order valence-corrected chi connectivity index (χ2v) is 5.89. The van der Waals surface area contributed by atoms with Gasteiger partial charge >= 0.3 is 0 Å². The highest BCUT2D eigenvalue weighted by atomic mass is 15.1. The number of aromatic nitrogens is 2. The van der Waals surface area contributed by atoms with Gasteiger partial charge in [-0.2, -0.15) is 0 Å². The number of hydrogen-bond acceptors (Lipinski definition) is 4. The van der Waals surface area contributed by atoms with Gasteiger partial charge in [-0.05, 0) is 46.7 Å². The van der Waals surface area contributed by atoms with Gasteiger partial charge in [-0.1, -0.05) is 11.6 Å². The van der Waals surface area contributed by atoms with E-state index in [-0.39, 0.29) is 0 Å². The summed E-state index contributed by atoms with van der Waals surface area (Å²) in [5.74, 6) is 0. The van der Waals surface area contributed by atoms with Crippen molar-refractivity contribution in [2.45, 2.75) is 46.2 Å². The first kappa shape index (κ1) is 15.1. The lowest BCUT2D eigenvalue weighted by atomic mass is 10.0. The lowest BCUT2D eigenvalue weighted by Gasteiger charge is -2.31. The third kappa shape index (κ3) is 5.02. The third-order valence-corrected chi connectivity index (χ3v) is 3.75. The number of hydrogen-bond donors (Lipinski definition) is 1. The molecule has 0 radical (unpaired) electrons. The molecule has 0 saturated carbocycles. The summed E-state index contributed by atoms with van der Waals surface area (Å²) in [5, 5.41) is 3.60. The average Bonchev–Trinajstić information content (AvgIpc) is 2.45. The van der Waals surface area contributed by atoms with Crippen LogP contribution in [0.2, 0.25) is 0 Å². The van der Waals surface area contributed by atoms with Crippen LogP contribution < -0.4 is 5.32 Å². The fourth-order valence-corrected chi connectivity index (χ4v) is 2.39. The largest absolute Gasteiger partial charge is 0.308 e. The molecule has 1 N–H and O–H groups in total. The molecule has 1 aromatic heterocycles. The van der Waals surface area contributed by atoms with Gasteiger partial charge in [0.25, 0.3) is 0 Å². The Labute approximate surface area is 122 Å². The maximum atomic E-state index is 4.38. The van der Waals surface area contributed by atoms with Gasteiger partial charge in [-0.25, -0.2) is 0 Å². The van der Waals surface area contributed by atoms with Crippen molar-refractivity contribution in [2.75, 3.05) is 19.6 Å². The second-order valence-electron chi connectivity index (χ2n) is 5.89. The van der Waals surface area contributed by atoms with Crippen molar-refractivity contribution in [3.05, 3.63) is 35.4 Å². The number of piperidine rings is 1. The van der Waals surface area contributed by atoms with Gasteiger partial charge in [0.05, 0.1) is 11.4 Å². The number of nitrogens with one attached hydrogen (secondary N) is 1. The summed E-state index contributed by atoms with van der Waals surface area (Å²) in [5.41, 5.74) is 3.41. The zero-order valence-corrected chi connectivity index (χ0v) is 12.9. The van der Waals surface area contributed by atoms with E-state index in [4.69, 9.17) is 0 Å². The minimum atomic E-state index is 0.612. The lowest BCUT2D eigenvalue weighted by molar-refractivity contribution is 0.214. The van der Waals surface area contributed by atoms with Gasteiger partial charge in [0, 0.05) is 31.5 Å². The Bertz CT molecular complexity index is 426. The molecule has 1 fully saturated rings. The molecule has 0 amide bonds. The van der Waals surface area contributed by atoms with Crippen LogP contribution >= 0.6 is 0 Å². The van der Waals surface area contributed by atoms with Crippen LogP contribution in [-0.2, 0) is 6.54 Å². The number of rotatable bonds is 5. The lowest BCUT2D eigenvalue weighted by Crippen LogP contribution is -2.42. The summed E-state index contributed by atoms with van der Waals surface area (Å²) in [6, 6.07) is 0.612. The van der Waals surface area contributed by atoms with Crippen molar-refractivity contribution in [1.82, 2.24) is 20.2 Å². The van der Waals surface area contributed by atoms with Crippen molar-refractivity contribution in [1.29, 1.82) is 0 Å². The van der Waals surface area contributed by atoms with E-state index < -0.39 is 0 Å². The molecular formula is C16H26N4. The Hall–Kier alpha value is -1.26. The molecule has 0 aliphatic carbocycles. The molecule has 1 aliphatic rings. The van der Waals surface area contributed by atoms with Crippen molar-refractivity contribution in [3.63, 3.8) is 0 Å². The molecule has 0 spiro atoms. The van der Waals surface area contributed by atoms with Crippen LogP contribution in [0.25, 0.3) is 0 Å². The molecule has 1 aromatic rings. The minimum absolute atomic E-state index is 0.612. The van der Waals surface area contributed by atoms with Gasteiger partial charge in [-0.15, -0.1) is 0 Å². The maximum Gasteiger partial charge on any atom is 0.0724 e. The van der Waals surface area contributed by atoms with E-state index in [9.17, 15) is 0 Å². The molecule has 20 heavy (non-hydrogen) atoms. The predicted octanol–water partition coefficient (Wildman–Crippen LogP) is 2.31.